The number of nitrogens with zero attached hydrogens (tertiary/aromatic N) is 3. The largest absolute Gasteiger partial charge is 0.228 e. The summed E-state index contributed by atoms with van der Waals surface area (Å²) in [6, 6.07) is 55.9. The third kappa shape index (κ3) is 5.13. The molecule has 0 aliphatic heterocycles. The van der Waals surface area contributed by atoms with Crippen LogP contribution in [0.2, 0.25) is 0 Å². The van der Waals surface area contributed by atoms with E-state index < -0.39 is 0 Å². The fourth-order valence-corrected chi connectivity index (χ4v) is 8.27. The molecule has 1 heterocycles. The molecule has 50 heavy (non-hydrogen) atoms. The topological polar surface area (TPSA) is 49.6 Å². The smallest absolute Gasteiger partial charge is 0.160 e. The monoisotopic (exact) mass is 641 g/mol. The van der Waals surface area contributed by atoms with E-state index in [4.69, 9.17) is 9.97 Å². The van der Waals surface area contributed by atoms with E-state index in [1.807, 2.05) is 30.3 Å². The molecule has 2 aliphatic rings. The summed E-state index contributed by atoms with van der Waals surface area (Å²) in [5, 5.41) is 10.0. The normalized spacial score (nSPS) is 14.1. The predicted octanol–water partition coefficient (Wildman–Crippen LogP) is 11.9. The van der Waals surface area contributed by atoms with E-state index in [1.165, 1.54) is 58.2 Å². The molecule has 2 aliphatic carbocycles. The number of hydrogen-bond donors (Lipinski definition) is 0. The molecule has 0 N–H and O–H groups in total. The first kappa shape index (κ1) is 30.0. The van der Waals surface area contributed by atoms with Crippen LogP contribution >= 0.6 is 0 Å². The SMILES string of the molecule is N#Cc1cccc2c1-c1ccc(-c3ccc(-c4cc(-c5ccc(-c6ccccc6)cc5)nc(-c5ccccc5)n4)cc3)cc1C21CCCCC1. The third-order valence-corrected chi connectivity index (χ3v) is 10.8. The van der Waals surface area contributed by atoms with E-state index in [1.54, 1.807) is 0 Å². The van der Waals surface area contributed by atoms with Crippen molar-refractivity contribution in [2.45, 2.75) is 37.5 Å². The molecule has 0 radical (unpaired) electrons. The van der Waals surface area contributed by atoms with Gasteiger partial charge in [-0.25, -0.2) is 9.97 Å². The second-order valence-corrected chi connectivity index (χ2v) is 13.6. The molecule has 238 valence electrons. The van der Waals surface area contributed by atoms with Gasteiger partial charge in [-0.2, -0.15) is 5.26 Å². The van der Waals surface area contributed by atoms with E-state index in [2.05, 4.69) is 127 Å². The minimum Gasteiger partial charge on any atom is -0.228 e. The highest BCUT2D eigenvalue weighted by molar-refractivity contribution is 5.87. The first-order valence-corrected chi connectivity index (χ1v) is 17.6. The number of rotatable bonds is 5. The molecule has 0 unspecified atom stereocenters. The Bertz CT molecular complexity index is 2380. The summed E-state index contributed by atoms with van der Waals surface area (Å²) < 4.78 is 0. The van der Waals surface area contributed by atoms with E-state index in [9.17, 15) is 5.26 Å². The summed E-state index contributed by atoms with van der Waals surface area (Å²) in [6.45, 7) is 0. The summed E-state index contributed by atoms with van der Waals surface area (Å²) in [4.78, 5) is 10.1. The average molecular weight is 642 g/mol. The maximum Gasteiger partial charge on any atom is 0.160 e. The molecule has 1 aromatic heterocycles. The van der Waals surface area contributed by atoms with Gasteiger partial charge in [0, 0.05) is 27.7 Å². The Morgan fingerprint density at radius 2 is 1.00 bits per heavy atom. The highest BCUT2D eigenvalue weighted by Crippen LogP contribution is 2.57. The zero-order chi connectivity index (χ0) is 33.5. The maximum atomic E-state index is 10.0. The number of aromatic nitrogens is 2. The molecule has 0 bridgehead atoms. The Morgan fingerprint density at radius 3 is 1.62 bits per heavy atom. The summed E-state index contributed by atoms with van der Waals surface area (Å²) in [5.41, 5.74) is 15.5. The fraction of sp³-hybridized carbons (Fsp3) is 0.128. The second kappa shape index (κ2) is 12.4. The van der Waals surface area contributed by atoms with Crippen molar-refractivity contribution in [2.75, 3.05) is 0 Å². The average Bonchev–Trinajstić information content (AvgIpc) is 3.46. The van der Waals surface area contributed by atoms with Crippen LogP contribution in [0.4, 0.5) is 0 Å². The van der Waals surface area contributed by atoms with Crippen LogP contribution in [0.5, 0.6) is 0 Å². The molecule has 1 spiro atoms. The van der Waals surface area contributed by atoms with E-state index >= 15 is 0 Å². The molecule has 3 nitrogen and oxygen atoms in total. The molecule has 0 atom stereocenters. The number of fused-ring (bicyclic) bond motifs is 5. The van der Waals surface area contributed by atoms with Crippen LogP contribution in [-0.4, -0.2) is 9.97 Å². The lowest BCUT2D eigenvalue weighted by Crippen LogP contribution is -2.28. The van der Waals surface area contributed by atoms with Crippen LogP contribution in [-0.2, 0) is 5.41 Å². The van der Waals surface area contributed by atoms with Gasteiger partial charge in [0.2, 0.25) is 0 Å². The highest BCUT2D eigenvalue weighted by atomic mass is 14.9. The van der Waals surface area contributed by atoms with Gasteiger partial charge < -0.3 is 0 Å². The Labute approximate surface area is 293 Å². The molecule has 1 saturated carbocycles. The second-order valence-electron chi connectivity index (χ2n) is 13.6. The van der Waals surface area contributed by atoms with Gasteiger partial charge in [-0.3, -0.25) is 0 Å². The lowest BCUT2D eigenvalue weighted by atomic mass is 9.67. The van der Waals surface area contributed by atoms with Crippen LogP contribution in [0.25, 0.3) is 67.3 Å². The third-order valence-electron chi connectivity index (χ3n) is 10.8. The number of nitriles is 1. The highest BCUT2D eigenvalue weighted by Gasteiger charge is 2.44. The molecule has 1 fully saturated rings. The van der Waals surface area contributed by atoms with E-state index in [0.717, 1.165) is 52.0 Å². The van der Waals surface area contributed by atoms with Crippen molar-refractivity contribution in [1.82, 2.24) is 9.97 Å². The Kier molecular flexibility index (Phi) is 7.44. The molecule has 7 aromatic rings. The Hall–Kier alpha value is -6.11. The van der Waals surface area contributed by atoms with Crippen LogP contribution in [0.15, 0.2) is 152 Å². The summed E-state index contributed by atoms with van der Waals surface area (Å²) >= 11 is 0. The Morgan fingerprint density at radius 1 is 0.460 bits per heavy atom. The van der Waals surface area contributed by atoms with Gasteiger partial charge in [0.05, 0.1) is 23.0 Å². The Balaban J connectivity index is 1.09. The molecule has 9 rings (SSSR count). The molecular weight excluding hydrogens is 607 g/mol. The van der Waals surface area contributed by atoms with Crippen molar-refractivity contribution < 1.29 is 0 Å². The van der Waals surface area contributed by atoms with Crippen LogP contribution < -0.4 is 0 Å². The fourth-order valence-electron chi connectivity index (χ4n) is 8.27. The summed E-state index contributed by atoms with van der Waals surface area (Å²) in [5.74, 6) is 0.710. The zero-order valence-corrected chi connectivity index (χ0v) is 27.8. The summed E-state index contributed by atoms with van der Waals surface area (Å²) in [6.07, 6.45) is 5.99. The van der Waals surface area contributed by atoms with Crippen LogP contribution in [0.3, 0.4) is 0 Å². The summed E-state index contributed by atoms with van der Waals surface area (Å²) in [7, 11) is 0. The molecule has 6 aromatic carbocycles. The van der Waals surface area contributed by atoms with Gasteiger partial charge in [-0.15, -0.1) is 0 Å². The number of benzene rings is 6. The van der Waals surface area contributed by atoms with Gasteiger partial charge in [0.15, 0.2) is 5.82 Å². The van der Waals surface area contributed by atoms with Crippen LogP contribution in [0, 0.1) is 11.3 Å². The predicted molar refractivity (Wildman–Crippen MR) is 203 cm³/mol. The molecule has 0 amide bonds. The van der Waals surface area contributed by atoms with Gasteiger partial charge in [0.1, 0.15) is 0 Å². The maximum absolute atomic E-state index is 10.0. The molecule has 0 saturated heterocycles. The van der Waals surface area contributed by atoms with Crippen molar-refractivity contribution in [1.29, 1.82) is 5.26 Å². The van der Waals surface area contributed by atoms with Crippen molar-refractivity contribution >= 4 is 0 Å². The minimum atomic E-state index is -0.00375. The standard InChI is InChI=1S/C47H35N3/c48-31-39-15-10-16-41-45(39)40-26-25-38(29-42(40)47(41)27-8-3-9-28-47)34-19-23-36(24-20-34)44-30-43(49-46(50-44)37-13-6-2-7-14-37)35-21-17-33(18-22-35)32-11-4-1-5-12-32/h1-2,4-7,10-26,29-30H,3,8-9,27-28H2. The molecular formula is C47H35N3. The number of hydrogen-bond acceptors (Lipinski definition) is 3. The van der Waals surface area contributed by atoms with E-state index in [0.29, 0.717) is 5.82 Å². The van der Waals surface area contributed by atoms with Crippen molar-refractivity contribution in [2.24, 2.45) is 0 Å². The van der Waals surface area contributed by atoms with Gasteiger partial charge >= 0.3 is 0 Å². The van der Waals surface area contributed by atoms with Crippen molar-refractivity contribution in [3.05, 3.63) is 168 Å². The molecule has 3 heteroatoms. The lowest BCUT2D eigenvalue weighted by molar-refractivity contribution is 0.353. The van der Waals surface area contributed by atoms with Gasteiger partial charge in [-0.05, 0) is 70.0 Å². The van der Waals surface area contributed by atoms with Crippen molar-refractivity contribution in [3.8, 4) is 73.4 Å². The van der Waals surface area contributed by atoms with Gasteiger partial charge in [0.25, 0.3) is 0 Å². The van der Waals surface area contributed by atoms with Gasteiger partial charge in [-0.1, -0.05) is 153 Å². The quantitative estimate of drug-likeness (QED) is 0.188. The first-order valence-electron chi connectivity index (χ1n) is 17.6. The minimum absolute atomic E-state index is 0.00375. The van der Waals surface area contributed by atoms with Crippen molar-refractivity contribution in [3.63, 3.8) is 0 Å². The first-order chi connectivity index (χ1) is 24.7. The van der Waals surface area contributed by atoms with Crippen LogP contribution in [0.1, 0.15) is 48.8 Å². The van der Waals surface area contributed by atoms with E-state index in [-0.39, 0.29) is 5.41 Å². The zero-order valence-electron chi connectivity index (χ0n) is 27.8. The lowest BCUT2D eigenvalue weighted by Gasteiger charge is -2.36.